The van der Waals surface area contributed by atoms with Crippen molar-refractivity contribution in [3.63, 3.8) is 0 Å². The van der Waals surface area contributed by atoms with E-state index in [2.05, 4.69) is 24.3 Å². The second-order valence-electron chi connectivity index (χ2n) is 5.51. The molecule has 1 heterocycles. The van der Waals surface area contributed by atoms with Gasteiger partial charge in [0.1, 0.15) is 0 Å². The quantitative estimate of drug-likeness (QED) is 0.905. The molecule has 1 N–H and O–H groups in total. The zero-order valence-electron chi connectivity index (χ0n) is 13.7. The number of amides is 1. The number of benzene rings is 1. The lowest BCUT2D eigenvalue weighted by Crippen LogP contribution is -2.45. The number of hydrogen-bond acceptors (Lipinski definition) is 2. The molecule has 21 heavy (non-hydrogen) atoms. The van der Waals surface area contributed by atoms with Crippen molar-refractivity contribution in [3.8, 4) is 0 Å². The van der Waals surface area contributed by atoms with E-state index in [9.17, 15) is 9.90 Å². The molecule has 2 rings (SSSR count). The summed E-state index contributed by atoms with van der Waals surface area (Å²) >= 11 is 0. The predicted molar refractivity (Wildman–Crippen MR) is 87.2 cm³/mol. The number of hydrogen-bond donors (Lipinski definition) is 1. The van der Waals surface area contributed by atoms with Crippen LogP contribution in [0.1, 0.15) is 58.4 Å². The fourth-order valence-corrected chi connectivity index (χ4v) is 3.09. The Morgan fingerprint density at radius 2 is 1.90 bits per heavy atom. The molecule has 3 atom stereocenters. The van der Waals surface area contributed by atoms with Gasteiger partial charge in [0.05, 0.1) is 12.1 Å². The van der Waals surface area contributed by atoms with Crippen LogP contribution in [-0.2, 0) is 4.79 Å². The molecule has 3 nitrogen and oxygen atoms in total. The van der Waals surface area contributed by atoms with Crippen LogP contribution in [0.4, 0.5) is 0 Å². The van der Waals surface area contributed by atoms with E-state index in [1.54, 1.807) is 13.8 Å². The zero-order valence-corrected chi connectivity index (χ0v) is 13.7. The van der Waals surface area contributed by atoms with Crippen LogP contribution in [0, 0.1) is 0 Å². The maximum atomic E-state index is 11.7. The van der Waals surface area contributed by atoms with E-state index in [-0.39, 0.29) is 11.9 Å². The fraction of sp³-hybridized carbons (Fsp3) is 0.611. The van der Waals surface area contributed by atoms with Gasteiger partial charge in [0.15, 0.2) is 0 Å². The Bertz CT molecular complexity index is 416. The van der Waals surface area contributed by atoms with E-state index in [1.807, 2.05) is 24.8 Å². The fourth-order valence-electron chi connectivity index (χ4n) is 3.09. The molecule has 1 aliphatic rings. The molecule has 0 radical (unpaired) electrons. The second kappa shape index (κ2) is 8.83. The standard InChI is InChI=1S/C16H23NO2.C2H6/c1-12(18)16-11-15(14-7-4-3-5-8-14)9-6-10-17(16)13(2)19;1-2/h3-5,7-8,12,15-16,18H,6,9-11H2,1-2H3;1-2H3. The average Bonchev–Trinajstić information content (AvgIpc) is 2.73. The summed E-state index contributed by atoms with van der Waals surface area (Å²) in [7, 11) is 0. The van der Waals surface area contributed by atoms with Gasteiger partial charge in [-0.15, -0.1) is 0 Å². The van der Waals surface area contributed by atoms with Crippen molar-refractivity contribution in [1.82, 2.24) is 4.90 Å². The third kappa shape index (κ3) is 4.85. The van der Waals surface area contributed by atoms with Crippen molar-refractivity contribution in [2.75, 3.05) is 6.54 Å². The van der Waals surface area contributed by atoms with Crippen LogP contribution in [0.5, 0.6) is 0 Å². The number of carbonyl (C=O) groups excluding carboxylic acids is 1. The number of aliphatic hydroxyl groups excluding tert-OH is 1. The minimum absolute atomic E-state index is 0.0646. The van der Waals surface area contributed by atoms with E-state index < -0.39 is 6.10 Å². The van der Waals surface area contributed by atoms with Crippen LogP contribution < -0.4 is 0 Å². The van der Waals surface area contributed by atoms with E-state index in [1.165, 1.54) is 5.56 Å². The van der Waals surface area contributed by atoms with Crippen molar-refractivity contribution >= 4 is 5.91 Å². The molecule has 3 unspecified atom stereocenters. The highest BCUT2D eigenvalue weighted by molar-refractivity contribution is 5.73. The summed E-state index contributed by atoms with van der Waals surface area (Å²) in [5, 5.41) is 9.99. The van der Waals surface area contributed by atoms with Crippen molar-refractivity contribution in [3.05, 3.63) is 35.9 Å². The van der Waals surface area contributed by atoms with Gasteiger partial charge in [-0.25, -0.2) is 0 Å². The highest BCUT2D eigenvalue weighted by Gasteiger charge is 2.31. The first kappa shape index (κ1) is 17.7. The van der Waals surface area contributed by atoms with Gasteiger partial charge >= 0.3 is 0 Å². The molecule has 0 bridgehead atoms. The van der Waals surface area contributed by atoms with Gasteiger partial charge in [0.2, 0.25) is 5.91 Å². The van der Waals surface area contributed by atoms with E-state index in [4.69, 9.17) is 0 Å². The van der Waals surface area contributed by atoms with Crippen LogP contribution in [-0.4, -0.2) is 34.6 Å². The summed E-state index contributed by atoms with van der Waals surface area (Å²) in [6.07, 6.45) is 2.45. The lowest BCUT2D eigenvalue weighted by atomic mass is 9.88. The van der Waals surface area contributed by atoms with Gasteiger partial charge in [0, 0.05) is 13.5 Å². The Morgan fingerprint density at radius 1 is 1.29 bits per heavy atom. The predicted octanol–water partition coefficient (Wildman–Crippen LogP) is 3.58. The average molecular weight is 291 g/mol. The summed E-state index contributed by atoms with van der Waals surface area (Å²) in [4.78, 5) is 13.6. The summed E-state index contributed by atoms with van der Waals surface area (Å²) in [5.74, 6) is 0.504. The topological polar surface area (TPSA) is 40.5 Å². The highest BCUT2D eigenvalue weighted by Crippen LogP contribution is 2.32. The molecule has 1 saturated heterocycles. The lowest BCUT2D eigenvalue weighted by Gasteiger charge is -2.32. The van der Waals surface area contributed by atoms with Gasteiger partial charge < -0.3 is 10.0 Å². The zero-order chi connectivity index (χ0) is 15.8. The molecular weight excluding hydrogens is 262 g/mol. The largest absolute Gasteiger partial charge is 0.391 e. The first-order valence-electron chi connectivity index (χ1n) is 8.10. The molecule has 1 fully saturated rings. The number of nitrogens with zero attached hydrogens (tertiary/aromatic N) is 1. The molecule has 1 aliphatic heterocycles. The second-order valence-corrected chi connectivity index (χ2v) is 5.51. The molecule has 0 spiro atoms. The van der Waals surface area contributed by atoms with Gasteiger partial charge in [-0.2, -0.15) is 0 Å². The summed E-state index contributed by atoms with van der Waals surface area (Å²) in [6, 6.07) is 10.4. The maximum absolute atomic E-state index is 11.7. The Morgan fingerprint density at radius 3 is 2.43 bits per heavy atom. The van der Waals surface area contributed by atoms with Gasteiger partial charge in [-0.1, -0.05) is 44.2 Å². The van der Waals surface area contributed by atoms with Crippen LogP contribution in [0.2, 0.25) is 0 Å². The monoisotopic (exact) mass is 291 g/mol. The van der Waals surface area contributed by atoms with Gasteiger partial charge in [-0.05, 0) is 37.7 Å². The molecule has 1 amide bonds. The minimum Gasteiger partial charge on any atom is -0.391 e. The third-order valence-electron chi connectivity index (χ3n) is 4.11. The summed E-state index contributed by atoms with van der Waals surface area (Å²) < 4.78 is 0. The van der Waals surface area contributed by atoms with Gasteiger partial charge in [-0.3, -0.25) is 4.79 Å². The first-order chi connectivity index (χ1) is 10.1. The molecule has 0 aliphatic carbocycles. The van der Waals surface area contributed by atoms with Crippen LogP contribution in [0.25, 0.3) is 0 Å². The normalized spacial score (nSPS) is 23.6. The van der Waals surface area contributed by atoms with Crippen LogP contribution in [0.3, 0.4) is 0 Å². The lowest BCUT2D eigenvalue weighted by molar-refractivity contribution is -0.133. The first-order valence-corrected chi connectivity index (χ1v) is 8.10. The van der Waals surface area contributed by atoms with Gasteiger partial charge in [0.25, 0.3) is 0 Å². The van der Waals surface area contributed by atoms with E-state index in [0.717, 1.165) is 25.8 Å². The Balaban J connectivity index is 0.00000106. The number of rotatable bonds is 2. The van der Waals surface area contributed by atoms with Crippen molar-refractivity contribution in [2.24, 2.45) is 0 Å². The van der Waals surface area contributed by atoms with E-state index in [0.29, 0.717) is 5.92 Å². The van der Waals surface area contributed by atoms with Crippen molar-refractivity contribution in [1.29, 1.82) is 0 Å². The molecule has 0 aromatic heterocycles. The molecule has 3 heteroatoms. The minimum atomic E-state index is -0.479. The Kier molecular flexibility index (Phi) is 7.44. The Labute approximate surface area is 129 Å². The summed E-state index contributed by atoms with van der Waals surface area (Å²) in [6.45, 7) is 8.14. The Hall–Kier alpha value is -1.35. The smallest absolute Gasteiger partial charge is 0.219 e. The molecular formula is C18H29NO2. The molecule has 0 saturated carbocycles. The maximum Gasteiger partial charge on any atom is 0.219 e. The summed E-state index contributed by atoms with van der Waals surface area (Å²) in [5.41, 5.74) is 1.32. The molecule has 1 aromatic rings. The number of aliphatic hydroxyl groups is 1. The number of likely N-dealkylation sites (tertiary alicyclic amines) is 1. The molecule has 118 valence electrons. The van der Waals surface area contributed by atoms with E-state index >= 15 is 0 Å². The molecule has 1 aromatic carbocycles. The van der Waals surface area contributed by atoms with Crippen molar-refractivity contribution in [2.45, 2.75) is 65.0 Å². The van der Waals surface area contributed by atoms with Crippen LogP contribution in [0.15, 0.2) is 30.3 Å². The van der Waals surface area contributed by atoms with Crippen molar-refractivity contribution < 1.29 is 9.90 Å². The third-order valence-corrected chi connectivity index (χ3v) is 4.11. The SMILES string of the molecule is CC.CC(=O)N1CCCC(c2ccccc2)CC1C(C)O. The highest BCUT2D eigenvalue weighted by atomic mass is 16.3. The number of carbonyl (C=O) groups is 1. The van der Waals surface area contributed by atoms with Crippen LogP contribution >= 0.6 is 0 Å².